The van der Waals surface area contributed by atoms with Crippen molar-refractivity contribution in [2.75, 3.05) is 5.32 Å². The Morgan fingerprint density at radius 2 is 1.84 bits per heavy atom. The topological polar surface area (TPSA) is 84.6 Å². The van der Waals surface area contributed by atoms with Gasteiger partial charge in [-0.15, -0.1) is 0 Å². The van der Waals surface area contributed by atoms with Crippen LogP contribution in [0.2, 0.25) is 0 Å². The van der Waals surface area contributed by atoms with E-state index in [1.165, 1.54) is 0 Å². The number of hydrogen-bond donors (Lipinski definition) is 3. The first-order chi connectivity index (χ1) is 15.2. The lowest BCUT2D eigenvalue weighted by atomic mass is 9.97. The van der Waals surface area contributed by atoms with E-state index in [1.54, 1.807) is 49.4 Å². The molecular formula is C26H29FN2O3. The number of nitrogens with one attached hydrogen (secondary N) is 1. The summed E-state index contributed by atoms with van der Waals surface area (Å²) in [6.45, 7) is 6.03. The molecular weight excluding hydrogens is 407 g/mol. The second-order valence-electron chi connectivity index (χ2n) is 8.18. The minimum Gasteiger partial charge on any atom is -0.489 e. The molecule has 0 saturated carbocycles. The van der Waals surface area contributed by atoms with Crippen LogP contribution in [-0.2, 0) is 17.8 Å². The van der Waals surface area contributed by atoms with Crippen LogP contribution in [0, 0.1) is 5.82 Å². The zero-order chi connectivity index (χ0) is 23.3. The van der Waals surface area contributed by atoms with Crippen molar-refractivity contribution in [3.05, 3.63) is 83.2 Å². The Morgan fingerprint density at radius 1 is 1.09 bits per heavy atom. The summed E-state index contributed by atoms with van der Waals surface area (Å²) in [5.74, 6) is -0.734. The highest BCUT2D eigenvalue weighted by Crippen LogP contribution is 2.31. The van der Waals surface area contributed by atoms with E-state index in [9.17, 15) is 4.79 Å². The highest BCUT2D eigenvalue weighted by Gasteiger charge is 2.15. The van der Waals surface area contributed by atoms with Gasteiger partial charge in [0.25, 0.3) is 0 Å². The Morgan fingerprint density at radius 3 is 2.53 bits per heavy atom. The van der Waals surface area contributed by atoms with Crippen molar-refractivity contribution in [2.24, 2.45) is 5.73 Å². The Bertz CT molecular complexity index is 1100. The minimum absolute atomic E-state index is 0.119. The van der Waals surface area contributed by atoms with E-state index in [1.807, 2.05) is 32.0 Å². The molecule has 0 heterocycles. The number of anilines is 1. The third-order valence-electron chi connectivity index (χ3n) is 4.99. The van der Waals surface area contributed by atoms with Crippen LogP contribution in [0.25, 0.3) is 11.1 Å². The number of hydrogen-bond acceptors (Lipinski definition) is 4. The third-order valence-corrected chi connectivity index (χ3v) is 4.99. The lowest BCUT2D eigenvalue weighted by Gasteiger charge is -2.17. The van der Waals surface area contributed by atoms with Crippen molar-refractivity contribution >= 4 is 11.7 Å². The molecule has 4 N–H and O–H groups in total. The van der Waals surface area contributed by atoms with Gasteiger partial charge in [0.05, 0.1) is 6.42 Å². The molecule has 0 aliphatic heterocycles. The van der Waals surface area contributed by atoms with Crippen LogP contribution in [0.3, 0.4) is 0 Å². The molecule has 0 amide bonds. The average molecular weight is 437 g/mol. The first kappa shape index (κ1) is 23.3. The van der Waals surface area contributed by atoms with Gasteiger partial charge in [-0.3, -0.25) is 4.79 Å². The van der Waals surface area contributed by atoms with Gasteiger partial charge < -0.3 is 20.9 Å². The van der Waals surface area contributed by atoms with Gasteiger partial charge in [0, 0.05) is 34.5 Å². The van der Waals surface area contributed by atoms with Crippen molar-refractivity contribution < 1.29 is 19.0 Å². The van der Waals surface area contributed by atoms with Crippen molar-refractivity contribution in [1.29, 1.82) is 0 Å². The predicted molar refractivity (Wildman–Crippen MR) is 125 cm³/mol. The SMILES string of the molecule is CC(C)Nc1cc(COc2ccccc2CC(=O)O)cc(-c2cccc(C(C)N)c2F)c1. The number of rotatable bonds is 9. The first-order valence-corrected chi connectivity index (χ1v) is 10.6. The van der Waals surface area contributed by atoms with Crippen molar-refractivity contribution in [1.82, 2.24) is 0 Å². The van der Waals surface area contributed by atoms with Gasteiger partial charge in [-0.1, -0.05) is 36.4 Å². The molecule has 0 fully saturated rings. The number of aliphatic carboxylic acids is 1. The maximum Gasteiger partial charge on any atom is 0.307 e. The predicted octanol–water partition coefficient (Wildman–Crippen LogP) is 5.54. The van der Waals surface area contributed by atoms with E-state index < -0.39 is 12.0 Å². The number of carboxylic acids is 1. The molecule has 0 aliphatic carbocycles. The van der Waals surface area contributed by atoms with Gasteiger partial charge in [-0.25, -0.2) is 4.39 Å². The second kappa shape index (κ2) is 10.3. The summed E-state index contributed by atoms with van der Waals surface area (Å²) in [7, 11) is 0. The normalized spacial score (nSPS) is 11.9. The average Bonchev–Trinajstić information content (AvgIpc) is 2.72. The van der Waals surface area contributed by atoms with Crippen LogP contribution in [0.5, 0.6) is 5.75 Å². The fourth-order valence-electron chi connectivity index (χ4n) is 3.59. The summed E-state index contributed by atoms with van der Waals surface area (Å²) in [5.41, 5.74) is 9.87. The van der Waals surface area contributed by atoms with Crippen LogP contribution in [0.15, 0.2) is 60.7 Å². The number of carbonyl (C=O) groups is 1. The molecule has 3 aromatic carbocycles. The fourth-order valence-corrected chi connectivity index (χ4v) is 3.59. The summed E-state index contributed by atoms with van der Waals surface area (Å²) in [6.07, 6.45) is -0.119. The van der Waals surface area contributed by atoms with Crippen LogP contribution < -0.4 is 15.8 Å². The molecule has 3 rings (SSSR count). The molecule has 0 aromatic heterocycles. The summed E-state index contributed by atoms with van der Waals surface area (Å²) in [5, 5.41) is 12.5. The highest BCUT2D eigenvalue weighted by molar-refractivity contribution is 5.72. The molecule has 168 valence electrons. The molecule has 0 aliphatic rings. The molecule has 1 unspecified atom stereocenters. The van der Waals surface area contributed by atoms with Gasteiger partial charge in [0.1, 0.15) is 18.2 Å². The largest absolute Gasteiger partial charge is 0.489 e. The van der Waals surface area contributed by atoms with Crippen molar-refractivity contribution in [3.63, 3.8) is 0 Å². The van der Waals surface area contributed by atoms with Crippen molar-refractivity contribution in [2.45, 2.75) is 45.9 Å². The Balaban J connectivity index is 1.96. The first-order valence-electron chi connectivity index (χ1n) is 10.6. The molecule has 0 radical (unpaired) electrons. The molecule has 0 bridgehead atoms. The quantitative estimate of drug-likeness (QED) is 0.410. The zero-order valence-corrected chi connectivity index (χ0v) is 18.6. The molecule has 0 spiro atoms. The van der Waals surface area contributed by atoms with E-state index in [2.05, 4.69) is 5.32 Å². The Kier molecular flexibility index (Phi) is 7.49. The lowest BCUT2D eigenvalue weighted by molar-refractivity contribution is -0.136. The van der Waals surface area contributed by atoms with Crippen LogP contribution in [0.1, 0.15) is 43.5 Å². The second-order valence-corrected chi connectivity index (χ2v) is 8.18. The standard InChI is InChI=1S/C26H29FN2O3/c1-16(2)29-21-12-18(15-32-24-10-5-4-7-19(24)14-25(30)31)11-20(13-21)23-9-6-8-22(17(3)28)26(23)27/h4-13,16-17,29H,14-15,28H2,1-3H3,(H,30,31). The Hall–Kier alpha value is -3.38. The molecule has 32 heavy (non-hydrogen) atoms. The van der Waals surface area contributed by atoms with Gasteiger partial charge in [-0.2, -0.15) is 0 Å². The van der Waals surface area contributed by atoms with Crippen LogP contribution in [0.4, 0.5) is 10.1 Å². The van der Waals surface area contributed by atoms with E-state index >= 15 is 4.39 Å². The number of carboxylic acid groups (broad SMARTS) is 1. The number of ether oxygens (including phenoxy) is 1. The summed E-state index contributed by atoms with van der Waals surface area (Å²) >= 11 is 0. The maximum absolute atomic E-state index is 15.2. The van der Waals surface area contributed by atoms with E-state index in [0.29, 0.717) is 28.0 Å². The van der Waals surface area contributed by atoms with Crippen molar-refractivity contribution in [3.8, 4) is 16.9 Å². The fraction of sp³-hybridized carbons (Fsp3) is 0.269. The van der Waals surface area contributed by atoms with Crippen LogP contribution in [-0.4, -0.2) is 17.1 Å². The molecule has 0 saturated heterocycles. The lowest BCUT2D eigenvalue weighted by Crippen LogP contribution is -2.11. The summed E-state index contributed by atoms with van der Waals surface area (Å²) in [4.78, 5) is 11.1. The number of para-hydroxylation sites is 1. The molecule has 6 heteroatoms. The van der Waals surface area contributed by atoms with Gasteiger partial charge in [-0.05, 0) is 56.2 Å². The highest BCUT2D eigenvalue weighted by atomic mass is 19.1. The molecule has 5 nitrogen and oxygen atoms in total. The number of benzene rings is 3. The van der Waals surface area contributed by atoms with E-state index in [4.69, 9.17) is 15.6 Å². The maximum atomic E-state index is 15.2. The third kappa shape index (κ3) is 5.86. The number of halogens is 1. The van der Waals surface area contributed by atoms with E-state index in [-0.39, 0.29) is 24.9 Å². The minimum atomic E-state index is -0.920. The van der Waals surface area contributed by atoms with Gasteiger partial charge >= 0.3 is 5.97 Å². The molecule has 3 aromatic rings. The summed E-state index contributed by atoms with van der Waals surface area (Å²) < 4.78 is 21.1. The zero-order valence-electron chi connectivity index (χ0n) is 18.6. The smallest absolute Gasteiger partial charge is 0.307 e. The molecule has 1 atom stereocenters. The monoisotopic (exact) mass is 436 g/mol. The summed E-state index contributed by atoms with van der Waals surface area (Å²) in [6, 6.07) is 17.8. The number of nitrogens with two attached hydrogens (primary N) is 1. The van der Waals surface area contributed by atoms with Crippen LogP contribution >= 0.6 is 0 Å². The van der Waals surface area contributed by atoms with Gasteiger partial charge in [0.15, 0.2) is 0 Å². The Labute approximate surface area is 188 Å². The van der Waals surface area contributed by atoms with E-state index in [0.717, 1.165) is 11.3 Å². The van der Waals surface area contributed by atoms with Gasteiger partial charge in [0.2, 0.25) is 0 Å².